The molecule has 134 valence electrons. The molecule has 25 heavy (non-hydrogen) atoms. The predicted octanol–water partition coefficient (Wildman–Crippen LogP) is 0.428. The van der Waals surface area contributed by atoms with Crippen molar-refractivity contribution in [2.24, 2.45) is 16.5 Å². The highest BCUT2D eigenvalue weighted by molar-refractivity contribution is 7.92. The fourth-order valence-electron chi connectivity index (χ4n) is 2.85. The molecule has 10 heteroatoms. The summed E-state index contributed by atoms with van der Waals surface area (Å²) in [5.41, 5.74) is 10.9. The van der Waals surface area contributed by atoms with Gasteiger partial charge in [0.05, 0.1) is 9.92 Å². The molecule has 1 fully saturated rings. The fourth-order valence-corrected chi connectivity index (χ4v) is 4.83. The smallest absolute Gasteiger partial charge is 0.195 e. The lowest BCUT2D eigenvalue weighted by Crippen LogP contribution is -2.52. The van der Waals surface area contributed by atoms with E-state index >= 15 is 0 Å². The van der Waals surface area contributed by atoms with Crippen molar-refractivity contribution in [3.05, 3.63) is 29.4 Å². The first kappa shape index (κ1) is 17.9. The Balaban J connectivity index is 2.16. The zero-order chi connectivity index (χ0) is 18.2. The number of hydrogen-bond donors (Lipinski definition) is 3. The number of hydrogen-bond acceptors (Lipinski definition) is 6. The lowest BCUT2D eigenvalue weighted by molar-refractivity contribution is 0.255. The highest BCUT2D eigenvalue weighted by Crippen LogP contribution is 2.32. The highest BCUT2D eigenvalue weighted by atomic mass is 35.5. The van der Waals surface area contributed by atoms with Crippen LogP contribution in [-0.4, -0.2) is 56.3 Å². The van der Waals surface area contributed by atoms with Gasteiger partial charge in [0, 0.05) is 36.6 Å². The average molecular weight is 383 g/mol. The summed E-state index contributed by atoms with van der Waals surface area (Å²) in [5.74, 6) is 0.0622. The van der Waals surface area contributed by atoms with Gasteiger partial charge in [0.2, 0.25) is 0 Å². The Kier molecular flexibility index (Phi) is 4.83. The van der Waals surface area contributed by atoms with Gasteiger partial charge in [-0.2, -0.15) is 4.99 Å². The van der Waals surface area contributed by atoms with Crippen LogP contribution >= 0.6 is 11.6 Å². The number of guanidine groups is 1. The van der Waals surface area contributed by atoms with Crippen molar-refractivity contribution in [2.75, 3.05) is 26.7 Å². The van der Waals surface area contributed by atoms with Gasteiger partial charge in [-0.25, -0.2) is 13.4 Å². The Bertz CT molecular complexity index is 942. The van der Waals surface area contributed by atoms with Crippen LogP contribution in [0.4, 0.5) is 5.82 Å². The second kappa shape index (κ2) is 6.75. The molecule has 1 atom stereocenters. The molecule has 2 heterocycles. The molecule has 1 aromatic carbocycles. The van der Waals surface area contributed by atoms with E-state index in [1.54, 1.807) is 19.2 Å². The van der Waals surface area contributed by atoms with E-state index in [0.29, 0.717) is 28.9 Å². The van der Waals surface area contributed by atoms with Crippen molar-refractivity contribution in [3.63, 3.8) is 0 Å². The van der Waals surface area contributed by atoms with Crippen LogP contribution in [0.1, 0.15) is 0 Å². The lowest BCUT2D eigenvalue weighted by Gasteiger charge is -2.32. The Morgan fingerprint density at radius 2 is 2.16 bits per heavy atom. The normalized spacial score (nSPS) is 19.0. The number of nitrogens with one attached hydrogen (secondary N) is 1. The van der Waals surface area contributed by atoms with Gasteiger partial charge < -0.3 is 16.8 Å². The Labute approximate surface area is 150 Å². The number of aromatic nitrogens is 1. The molecule has 1 saturated heterocycles. The number of likely N-dealkylation sites (N-methyl/N-ethyl adjacent to an activating group) is 1. The average Bonchev–Trinajstić information content (AvgIpc) is 2.57. The topological polar surface area (TPSA) is 127 Å². The zero-order valence-electron chi connectivity index (χ0n) is 13.6. The molecule has 1 aliphatic heterocycles. The van der Waals surface area contributed by atoms with E-state index in [4.69, 9.17) is 23.1 Å². The molecular formula is C15H19ClN6O2S. The molecular weight excluding hydrogens is 364 g/mol. The second-order valence-corrected chi connectivity index (χ2v) is 8.37. The van der Waals surface area contributed by atoms with Crippen LogP contribution in [0.3, 0.4) is 0 Å². The second-order valence-electron chi connectivity index (χ2n) is 5.86. The van der Waals surface area contributed by atoms with Gasteiger partial charge >= 0.3 is 0 Å². The lowest BCUT2D eigenvalue weighted by atomic mass is 10.1. The van der Waals surface area contributed by atoms with Crippen molar-refractivity contribution >= 4 is 44.0 Å². The van der Waals surface area contributed by atoms with Crippen LogP contribution in [0.5, 0.6) is 0 Å². The molecule has 0 bridgehead atoms. The first-order valence-corrected chi connectivity index (χ1v) is 9.56. The van der Waals surface area contributed by atoms with E-state index in [2.05, 4.69) is 15.3 Å². The third-order valence-electron chi connectivity index (χ3n) is 4.16. The van der Waals surface area contributed by atoms with Crippen LogP contribution in [0.2, 0.25) is 5.02 Å². The maximum atomic E-state index is 13.0. The van der Waals surface area contributed by atoms with Crippen molar-refractivity contribution < 1.29 is 8.42 Å². The largest absolute Gasteiger partial charge is 0.370 e. The van der Waals surface area contributed by atoms with Crippen LogP contribution in [-0.2, 0) is 9.84 Å². The van der Waals surface area contributed by atoms with Crippen molar-refractivity contribution in [2.45, 2.75) is 10.3 Å². The maximum Gasteiger partial charge on any atom is 0.195 e. The SMILES string of the molecule is CN1CCNCC1S(=O)(=O)c1ccc2c(Cl)cnc(N=C(N)N)c2c1. The summed E-state index contributed by atoms with van der Waals surface area (Å²) in [6.45, 7) is 1.78. The molecule has 0 spiro atoms. The first-order chi connectivity index (χ1) is 11.8. The highest BCUT2D eigenvalue weighted by Gasteiger charge is 2.33. The molecule has 1 unspecified atom stereocenters. The summed E-state index contributed by atoms with van der Waals surface area (Å²) < 4.78 is 26.1. The first-order valence-electron chi connectivity index (χ1n) is 7.63. The van der Waals surface area contributed by atoms with Crippen molar-refractivity contribution in [3.8, 4) is 0 Å². The van der Waals surface area contributed by atoms with Crippen LogP contribution in [0.15, 0.2) is 34.3 Å². The van der Waals surface area contributed by atoms with Crippen LogP contribution in [0, 0.1) is 0 Å². The number of aliphatic imine (C=N–C) groups is 1. The minimum atomic E-state index is -3.58. The fraction of sp³-hybridized carbons (Fsp3) is 0.333. The summed E-state index contributed by atoms with van der Waals surface area (Å²) in [4.78, 5) is 10.1. The molecule has 3 rings (SSSR count). The quantitative estimate of drug-likeness (QED) is 0.518. The van der Waals surface area contributed by atoms with E-state index < -0.39 is 15.2 Å². The number of rotatable bonds is 3. The molecule has 5 N–H and O–H groups in total. The minimum Gasteiger partial charge on any atom is -0.370 e. The Morgan fingerprint density at radius 1 is 1.40 bits per heavy atom. The molecule has 0 saturated carbocycles. The number of nitrogens with two attached hydrogens (primary N) is 2. The van der Waals surface area contributed by atoms with E-state index in [-0.39, 0.29) is 16.7 Å². The van der Waals surface area contributed by atoms with Crippen LogP contribution in [0.25, 0.3) is 10.8 Å². The Morgan fingerprint density at radius 3 is 2.84 bits per heavy atom. The van der Waals surface area contributed by atoms with Gasteiger partial charge in [0.25, 0.3) is 0 Å². The number of piperazine rings is 1. The third kappa shape index (κ3) is 3.40. The summed E-state index contributed by atoms with van der Waals surface area (Å²) in [7, 11) is -1.78. The molecule has 0 amide bonds. The van der Waals surface area contributed by atoms with Crippen molar-refractivity contribution in [1.82, 2.24) is 15.2 Å². The van der Waals surface area contributed by atoms with E-state index in [9.17, 15) is 8.42 Å². The summed E-state index contributed by atoms with van der Waals surface area (Å²) >= 11 is 6.16. The predicted molar refractivity (Wildman–Crippen MR) is 98.7 cm³/mol. The number of benzene rings is 1. The Hall–Kier alpha value is -1.94. The van der Waals surface area contributed by atoms with Gasteiger partial charge in [-0.1, -0.05) is 17.7 Å². The summed E-state index contributed by atoms with van der Waals surface area (Å²) in [6, 6.07) is 4.72. The van der Waals surface area contributed by atoms with Gasteiger partial charge in [-0.3, -0.25) is 4.90 Å². The van der Waals surface area contributed by atoms with Gasteiger partial charge in [-0.15, -0.1) is 0 Å². The third-order valence-corrected chi connectivity index (χ3v) is 6.62. The minimum absolute atomic E-state index is 0.166. The summed E-state index contributed by atoms with van der Waals surface area (Å²) in [5, 5.41) is 3.98. The number of pyridine rings is 1. The number of halogens is 1. The van der Waals surface area contributed by atoms with Crippen molar-refractivity contribution in [1.29, 1.82) is 0 Å². The molecule has 1 aliphatic rings. The van der Waals surface area contributed by atoms with E-state index in [1.807, 2.05) is 4.90 Å². The molecule has 1 aromatic heterocycles. The molecule has 0 aliphatic carbocycles. The van der Waals surface area contributed by atoms with Gasteiger partial charge in [0.15, 0.2) is 21.6 Å². The van der Waals surface area contributed by atoms with Crippen LogP contribution < -0.4 is 16.8 Å². The van der Waals surface area contributed by atoms with E-state index in [0.717, 1.165) is 6.54 Å². The standard InChI is InChI=1S/C15H19ClN6O2S/c1-22-5-4-19-8-13(22)25(23,24)9-2-3-10-11(6-9)14(21-15(17)18)20-7-12(10)16/h2-3,6-7,13,19H,4-5,8H2,1H3,(H4,17,18,20,21). The van der Waals surface area contributed by atoms with Gasteiger partial charge in [0.1, 0.15) is 5.37 Å². The number of fused-ring (bicyclic) bond motifs is 1. The van der Waals surface area contributed by atoms with E-state index in [1.165, 1.54) is 12.3 Å². The zero-order valence-corrected chi connectivity index (χ0v) is 15.2. The molecule has 8 nitrogen and oxygen atoms in total. The summed E-state index contributed by atoms with van der Waals surface area (Å²) in [6.07, 6.45) is 1.43. The number of sulfone groups is 1. The van der Waals surface area contributed by atoms with Gasteiger partial charge in [-0.05, 0) is 19.2 Å². The maximum absolute atomic E-state index is 13.0. The monoisotopic (exact) mass is 382 g/mol. The number of nitrogens with zero attached hydrogens (tertiary/aromatic N) is 3. The molecule has 0 radical (unpaired) electrons. The molecule has 2 aromatic rings.